The van der Waals surface area contributed by atoms with Crippen LogP contribution in [0.2, 0.25) is 0 Å². The molecule has 112 valence electrons. The predicted molar refractivity (Wildman–Crippen MR) is 91.4 cm³/mol. The van der Waals surface area contributed by atoms with E-state index in [1.807, 2.05) is 12.1 Å². The third kappa shape index (κ3) is 2.64. The van der Waals surface area contributed by atoms with Crippen molar-refractivity contribution in [1.82, 2.24) is 0 Å². The summed E-state index contributed by atoms with van der Waals surface area (Å²) in [7, 11) is 0. The summed E-state index contributed by atoms with van der Waals surface area (Å²) in [5.41, 5.74) is 3.71. The largest absolute Gasteiger partial charge is 0.300 e. The molecule has 0 N–H and O–H groups in total. The fourth-order valence-corrected chi connectivity index (χ4v) is 3.54. The Morgan fingerprint density at radius 3 is 1.73 bits per heavy atom. The van der Waals surface area contributed by atoms with Crippen molar-refractivity contribution in [2.24, 2.45) is 17.3 Å². The van der Waals surface area contributed by atoms with Crippen LogP contribution in [0.5, 0.6) is 0 Å². The van der Waals surface area contributed by atoms with Crippen LogP contribution in [0, 0.1) is 17.3 Å². The molecule has 2 unspecified atom stereocenters. The monoisotopic (exact) mass is 290 g/mol. The Balaban J connectivity index is 2.04. The molecule has 2 atom stereocenters. The van der Waals surface area contributed by atoms with E-state index in [1.54, 1.807) is 6.92 Å². The van der Waals surface area contributed by atoms with Crippen molar-refractivity contribution in [2.45, 2.75) is 20.8 Å². The van der Waals surface area contributed by atoms with Gasteiger partial charge in [-0.2, -0.15) is 0 Å². The Labute approximate surface area is 132 Å². The second-order valence-electron chi connectivity index (χ2n) is 6.75. The van der Waals surface area contributed by atoms with Gasteiger partial charge in [-0.15, -0.1) is 0 Å². The zero-order chi connectivity index (χ0) is 15.7. The summed E-state index contributed by atoms with van der Waals surface area (Å²) < 4.78 is 0. The van der Waals surface area contributed by atoms with Gasteiger partial charge in [0.1, 0.15) is 5.78 Å². The van der Waals surface area contributed by atoms with Gasteiger partial charge in [0.25, 0.3) is 0 Å². The topological polar surface area (TPSA) is 17.1 Å². The molecule has 1 fully saturated rings. The van der Waals surface area contributed by atoms with Crippen LogP contribution >= 0.6 is 0 Å². The zero-order valence-corrected chi connectivity index (χ0v) is 13.4. The number of ketones is 1. The van der Waals surface area contributed by atoms with E-state index in [9.17, 15) is 4.79 Å². The molecule has 22 heavy (non-hydrogen) atoms. The Kier molecular flexibility index (Phi) is 3.74. The van der Waals surface area contributed by atoms with E-state index in [2.05, 4.69) is 68.5 Å². The summed E-state index contributed by atoms with van der Waals surface area (Å²) in [6.45, 7) is 6.09. The number of carbonyl (C=O) groups is 1. The number of hydrogen-bond acceptors (Lipinski definition) is 1. The molecule has 0 bridgehead atoms. The summed E-state index contributed by atoms with van der Waals surface area (Å²) in [4.78, 5) is 11.9. The molecule has 0 spiro atoms. The van der Waals surface area contributed by atoms with Crippen LogP contribution in [0.15, 0.2) is 66.7 Å². The molecule has 2 aromatic rings. The van der Waals surface area contributed by atoms with Gasteiger partial charge in [0.05, 0.1) is 0 Å². The van der Waals surface area contributed by atoms with E-state index in [-0.39, 0.29) is 11.3 Å². The van der Waals surface area contributed by atoms with Crippen LogP contribution < -0.4 is 0 Å². The average Bonchev–Trinajstić information content (AvgIpc) is 3.07. The maximum absolute atomic E-state index is 11.9. The van der Waals surface area contributed by atoms with Crippen LogP contribution in [0.3, 0.4) is 0 Å². The molecular weight excluding hydrogens is 268 g/mol. The van der Waals surface area contributed by atoms with Gasteiger partial charge in [0.2, 0.25) is 0 Å². The lowest BCUT2D eigenvalue weighted by Gasteiger charge is -2.09. The minimum atomic E-state index is 0.0701. The Bertz CT molecular complexity index is 654. The number of benzene rings is 2. The number of allylic oxidation sites excluding steroid dienone is 1. The smallest absolute Gasteiger partial charge is 0.134 e. The van der Waals surface area contributed by atoms with E-state index in [1.165, 1.54) is 16.7 Å². The van der Waals surface area contributed by atoms with Crippen LogP contribution in [-0.2, 0) is 4.79 Å². The molecule has 0 aliphatic heterocycles. The minimum absolute atomic E-state index is 0.0701. The van der Waals surface area contributed by atoms with Crippen molar-refractivity contribution in [1.29, 1.82) is 0 Å². The highest BCUT2D eigenvalue weighted by atomic mass is 16.1. The van der Waals surface area contributed by atoms with Gasteiger partial charge in [-0.05, 0) is 35.0 Å². The fourth-order valence-electron chi connectivity index (χ4n) is 3.54. The maximum Gasteiger partial charge on any atom is 0.134 e. The standard InChI is InChI=1S/C21H22O/c1-15(22)20-19(21(20,2)3)14-18(16-10-6-4-7-11-16)17-12-8-5-9-13-17/h4-14,19-20H,1-3H3. The Morgan fingerprint density at radius 1 is 0.909 bits per heavy atom. The highest BCUT2D eigenvalue weighted by molar-refractivity contribution is 5.86. The van der Waals surface area contributed by atoms with Gasteiger partial charge in [-0.3, -0.25) is 4.79 Å². The van der Waals surface area contributed by atoms with Crippen LogP contribution in [-0.4, -0.2) is 5.78 Å². The molecule has 0 heterocycles. The van der Waals surface area contributed by atoms with E-state index in [0.717, 1.165) is 0 Å². The highest BCUT2D eigenvalue weighted by Gasteiger charge is 2.58. The Hall–Kier alpha value is -2.15. The first kappa shape index (κ1) is 14.8. The lowest BCUT2D eigenvalue weighted by atomic mass is 9.95. The maximum atomic E-state index is 11.9. The molecule has 1 aliphatic rings. The first-order chi connectivity index (χ1) is 10.5. The van der Waals surface area contributed by atoms with Crippen molar-refractivity contribution in [3.05, 3.63) is 77.9 Å². The first-order valence-corrected chi connectivity index (χ1v) is 7.85. The highest BCUT2D eigenvalue weighted by Crippen LogP contribution is 2.60. The van der Waals surface area contributed by atoms with Crippen LogP contribution in [0.1, 0.15) is 31.9 Å². The lowest BCUT2D eigenvalue weighted by Crippen LogP contribution is -1.99. The van der Waals surface area contributed by atoms with Crippen molar-refractivity contribution < 1.29 is 4.79 Å². The van der Waals surface area contributed by atoms with Crippen LogP contribution in [0.4, 0.5) is 0 Å². The van der Waals surface area contributed by atoms with E-state index < -0.39 is 0 Å². The summed E-state index contributed by atoms with van der Waals surface area (Å²) in [5, 5.41) is 0. The minimum Gasteiger partial charge on any atom is -0.300 e. The van der Waals surface area contributed by atoms with Crippen molar-refractivity contribution in [2.75, 3.05) is 0 Å². The SMILES string of the molecule is CC(=O)C1C(C=C(c2ccccc2)c2ccccc2)C1(C)C. The molecule has 1 saturated carbocycles. The summed E-state index contributed by atoms with van der Waals surface area (Å²) in [6, 6.07) is 20.9. The molecule has 3 rings (SSSR count). The molecule has 1 nitrogen and oxygen atoms in total. The van der Waals surface area contributed by atoms with Gasteiger partial charge >= 0.3 is 0 Å². The number of hydrogen-bond donors (Lipinski definition) is 0. The molecule has 0 saturated heterocycles. The van der Waals surface area contributed by atoms with E-state index >= 15 is 0 Å². The van der Waals surface area contributed by atoms with Crippen molar-refractivity contribution in [3.8, 4) is 0 Å². The summed E-state index contributed by atoms with van der Waals surface area (Å²) >= 11 is 0. The molecule has 2 aromatic carbocycles. The van der Waals surface area contributed by atoms with E-state index in [0.29, 0.717) is 11.7 Å². The van der Waals surface area contributed by atoms with Crippen molar-refractivity contribution in [3.63, 3.8) is 0 Å². The van der Waals surface area contributed by atoms with Crippen molar-refractivity contribution >= 4 is 11.4 Å². The first-order valence-electron chi connectivity index (χ1n) is 7.85. The Morgan fingerprint density at radius 2 is 1.36 bits per heavy atom. The fraction of sp³-hybridized carbons (Fsp3) is 0.286. The zero-order valence-electron chi connectivity index (χ0n) is 13.4. The third-order valence-corrected chi connectivity index (χ3v) is 4.86. The van der Waals surface area contributed by atoms with Gasteiger partial charge < -0.3 is 0 Å². The number of rotatable bonds is 4. The van der Waals surface area contributed by atoms with Gasteiger partial charge in [-0.25, -0.2) is 0 Å². The lowest BCUT2D eigenvalue weighted by molar-refractivity contribution is -0.118. The number of carbonyl (C=O) groups excluding carboxylic acids is 1. The third-order valence-electron chi connectivity index (χ3n) is 4.86. The van der Waals surface area contributed by atoms with Gasteiger partial charge in [-0.1, -0.05) is 80.6 Å². The number of Topliss-reactive ketones (excluding diaryl/α,β-unsaturated/α-hetero) is 1. The quantitative estimate of drug-likeness (QED) is 0.776. The molecule has 1 aliphatic carbocycles. The van der Waals surface area contributed by atoms with Crippen LogP contribution in [0.25, 0.3) is 5.57 Å². The molecule has 0 radical (unpaired) electrons. The average molecular weight is 290 g/mol. The molecule has 0 aromatic heterocycles. The van der Waals surface area contributed by atoms with Gasteiger partial charge in [0.15, 0.2) is 0 Å². The predicted octanol–water partition coefficient (Wildman–Crippen LogP) is 4.98. The molecule has 0 amide bonds. The summed E-state index contributed by atoms with van der Waals surface area (Å²) in [5.74, 6) is 0.766. The molecular formula is C21H22O. The summed E-state index contributed by atoms with van der Waals surface area (Å²) in [6.07, 6.45) is 2.30. The molecule has 1 heteroatoms. The second-order valence-corrected chi connectivity index (χ2v) is 6.75. The van der Waals surface area contributed by atoms with E-state index in [4.69, 9.17) is 0 Å². The normalized spacial score (nSPS) is 22.0. The van der Waals surface area contributed by atoms with Gasteiger partial charge in [0, 0.05) is 5.92 Å². The second kappa shape index (κ2) is 5.57.